The molecule has 0 bridgehead atoms. The first-order valence-corrected chi connectivity index (χ1v) is 10.4. The van der Waals surface area contributed by atoms with Gasteiger partial charge < -0.3 is 0 Å². The highest BCUT2D eigenvalue weighted by atomic mass is 32.3. The molecule has 0 radical (unpaired) electrons. The number of hydrogen-bond acceptors (Lipinski definition) is 5. The summed E-state index contributed by atoms with van der Waals surface area (Å²) in [5.41, 5.74) is -4.75. The number of benzene rings is 1. The van der Waals surface area contributed by atoms with E-state index in [0.717, 1.165) is 0 Å². The highest BCUT2D eigenvalue weighted by Crippen LogP contribution is 2.38. The summed E-state index contributed by atoms with van der Waals surface area (Å²) in [7, 11) is -9.36. The summed E-state index contributed by atoms with van der Waals surface area (Å²) < 4.78 is 140. The van der Waals surface area contributed by atoms with Crippen molar-refractivity contribution in [2.24, 2.45) is 0 Å². The van der Waals surface area contributed by atoms with E-state index in [1.807, 2.05) is 0 Å². The number of alkyl halides is 3. The Labute approximate surface area is 153 Å². The molecule has 7 nitrogen and oxygen atoms in total. The second kappa shape index (κ2) is 6.61. The molecule has 0 saturated carbocycles. The van der Waals surface area contributed by atoms with Gasteiger partial charge in [-0.25, -0.2) is 39.1 Å². The summed E-state index contributed by atoms with van der Waals surface area (Å²) in [4.78, 5) is 0. The van der Waals surface area contributed by atoms with Crippen molar-refractivity contribution in [1.29, 1.82) is 0 Å². The van der Waals surface area contributed by atoms with E-state index in [-0.39, 0.29) is 8.39 Å². The number of sulfonamides is 2. The van der Waals surface area contributed by atoms with Crippen LogP contribution in [-0.2, 0) is 26.2 Å². The molecule has 0 saturated heterocycles. The number of rotatable bonds is 4. The molecule has 156 valence electrons. The lowest BCUT2D eigenvalue weighted by Gasteiger charge is -2.21. The Hall–Kier alpha value is -2.36. The molecule has 1 heterocycles. The van der Waals surface area contributed by atoms with Gasteiger partial charge in [-0.2, -0.15) is 18.3 Å². The molecule has 0 N–H and O–H groups in total. The average Bonchev–Trinajstić information content (AvgIpc) is 2.89. The van der Waals surface area contributed by atoms with Crippen molar-refractivity contribution >= 4 is 25.9 Å². The first-order chi connectivity index (χ1) is 12.5. The van der Waals surface area contributed by atoms with Gasteiger partial charge in [-0.3, -0.25) is 0 Å². The second-order valence-corrected chi connectivity index (χ2v) is 9.20. The summed E-state index contributed by atoms with van der Waals surface area (Å²) in [6, 6.07) is 0.592. The lowest BCUT2D eigenvalue weighted by atomic mass is 10.1. The highest BCUT2D eigenvalue weighted by molar-refractivity contribution is 8.09. The van der Waals surface area contributed by atoms with Crippen molar-refractivity contribution in [3.63, 3.8) is 0 Å². The third-order valence-corrected chi connectivity index (χ3v) is 6.35. The van der Waals surface area contributed by atoms with Gasteiger partial charge in [0.15, 0.2) is 29.1 Å². The molecule has 28 heavy (non-hydrogen) atoms. The molecular formula is C12H8F7N3O4S2. The van der Waals surface area contributed by atoms with Crippen LogP contribution in [0.15, 0.2) is 12.3 Å². The van der Waals surface area contributed by atoms with Crippen LogP contribution in [-0.4, -0.2) is 39.1 Å². The van der Waals surface area contributed by atoms with Gasteiger partial charge in [0.1, 0.15) is 11.3 Å². The average molecular weight is 455 g/mol. The van der Waals surface area contributed by atoms with Gasteiger partial charge in [0.2, 0.25) is 20.0 Å². The summed E-state index contributed by atoms with van der Waals surface area (Å²) in [6.07, 6.45) is -4.43. The van der Waals surface area contributed by atoms with E-state index in [1.54, 1.807) is 0 Å². The van der Waals surface area contributed by atoms with Crippen LogP contribution in [0.2, 0.25) is 0 Å². The Balaban J connectivity index is 2.93. The van der Waals surface area contributed by atoms with E-state index in [9.17, 15) is 47.6 Å². The first kappa shape index (κ1) is 21.9. The predicted octanol–water partition coefficient (Wildman–Crippen LogP) is 2.17. The fraction of sp³-hybridized carbons (Fsp3) is 0.250. The maximum absolute atomic E-state index is 14.2. The fourth-order valence-electron chi connectivity index (χ4n) is 2.25. The van der Waals surface area contributed by atoms with Gasteiger partial charge in [0.05, 0.1) is 18.7 Å². The SMILES string of the molecule is CS(=O)(=O)N(c1ccnn1-c1c(F)c(F)c(C(F)(F)F)c(F)c1F)S(C)(=O)=O. The third kappa shape index (κ3) is 3.65. The zero-order valence-electron chi connectivity index (χ0n) is 13.6. The summed E-state index contributed by atoms with van der Waals surface area (Å²) in [5.74, 6) is -11.9. The number of nitrogens with zero attached hydrogens (tertiary/aromatic N) is 3. The molecule has 0 unspecified atom stereocenters. The van der Waals surface area contributed by atoms with E-state index in [0.29, 0.717) is 24.8 Å². The minimum absolute atomic E-state index is 0.195. The minimum atomic E-state index is -5.80. The van der Waals surface area contributed by atoms with Gasteiger partial charge in [-0.15, -0.1) is 3.71 Å². The van der Waals surface area contributed by atoms with E-state index < -0.39 is 66.6 Å². The van der Waals surface area contributed by atoms with Gasteiger partial charge in [0.25, 0.3) is 0 Å². The van der Waals surface area contributed by atoms with Crippen LogP contribution >= 0.6 is 0 Å². The largest absolute Gasteiger partial charge is 0.422 e. The van der Waals surface area contributed by atoms with Gasteiger partial charge in [-0.05, 0) is 0 Å². The van der Waals surface area contributed by atoms with Gasteiger partial charge >= 0.3 is 6.18 Å². The molecule has 1 aromatic carbocycles. The van der Waals surface area contributed by atoms with Crippen LogP contribution in [0.25, 0.3) is 5.69 Å². The van der Waals surface area contributed by atoms with Crippen LogP contribution < -0.4 is 3.71 Å². The highest BCUT2D eigenvalue weighted by Gasteiger charge is 2.43. The molecule has 0 aliphatic carbocycles. The number of anilines is 1. The van der Waals surface area contributed by atoms with Crippen LogP contribution in [0.5, 0.6) is 0 Å². The van der Waals surface area contributed by atoms with E-state index in [1.165, 1.54) is 0 Å². The smallest absolute Gasteiger partial charge is 0.209 e. The summed E-state index contributed by atoms with van der Waals surface area (Å²) in [5, 5.41) is 3.18. The predicted molar refractivity (Wildman–Crippen MR) is 80.6 cm³/mol. The first-order valence-electron chi connectivity index (χ1n) is 6.67. The Morgan fingerprint density at radius 1 is 0.893 bits per heavy atom. The minimum Gasteiger partial charge on any atom is -0.209 e. The Morgan fingerprint density at radius 3 is 1.68 bits per heavy atom. The van der Waals surface area contributed by atoms with Crippen molar-refractivity contribution in [3.05, 3.63) is 41.1 Å². The Morgan fingerprint density at radius 2 is 1.32 bits per heavy atom. The van der Waals surface area contributed by atoms with Crippen molar-refractivity contribution in [2.75, 3.05) is 16.2 Å². The fourth-order valence-corrected chi connectivity index (χ4v) is 5.17. The molecule has 1 aromatic heterocycles. The quantitative estimate of drug-likeness (QED) is 0.521. The number of halogens is 7. The van der Waals surface area contributed by atoms with Crippen LogP contribution in [0, 0.1) is 23.3 Å². The number of aromatic nitrogens is 2. The summed E-state index contributed by atoms with van der Waals surface area (Å²) in [6.45, 7) is 0. The van der Waals surface area contributed by atoms with Gasteiger partial charge in [-0.1, -0.05) is 0 Å². The van der Waals surface area contributed by atoms with Crippen molar-refractivity contribution in [2.45, 2.75) is 6.18 Å². The van der Waals surface area contributed by atoms with Crippen LogP contribution in [0.4, 0.5) is 36.6 Å². The molecule has 0 spiro atoms. The zero-order chi connectivity index (χ0) is 21.8. The lowest BCUT2D eigenvalue weighted by Crippen LogP contribution is -2.37. The zero-order valence-corrected chi connectivity index (χ0v) is 15.2. The van der Waals surface area contributed by atoms with E-state index in [2.05, 4.69) is 5.10 Å². The maximum atomic E-state index is 14.2. The van der Waals surface area contributed by atoms with E-state index in [4.69, 9.17) is 0 Å². The maximum Gasteiger partial charge on any atom is 0.422 e. The molecule has 0 aliphatic heterocycles. The lowest BCUT2D eigenvalue weighted by molar-refractivity contribution is -0.143. The van der Waals surface area contributed by atoms with Crippen molar-refractivity contribution in [1.82, 2.24) is 9.78 Å². The molecule has 0 aliphatic rings. The standard InChI is InChI=1S/C12H8F7N3O4S2/c1-27(23,24)22(28(2,25)26)5-3-4-20-21(5)11-9(15)7(13)6(12(17,18)19)8(14)10(11)16/h3-4H,1-2H3. The molecule has 0 fully saturated rings. The summed E-state index contributed by atoms with van der Waals surface area (Å²) >= 11 is 0. The van der Waals surface area contributed by atoms with E-state index >= 15 is 0 Å². The topological polar surface area (TPSA) is 89.3 Å². The van der Waals surface area contributed by atoms with Gasteiger partial charge in [0, 0.05) is 6.07 Å². The Kier molecular flexibility index (Phi) is 5.18. The number of hydrogen-bond donors (Lipinski definition) is 0. The normalized spacial score (nSPS) is 13.0. The molecule has 16 heteroatoms. The Bertz CT molecular complexity index is 1100. The molecule has 2 aromatic rings. The molecule has 0 amide bonds. The molecular weight excluding hydrogens is 447 g/mol. The monoisotopic (exact) mass is 455 g/mol. The molecule has 0 atom stereocenters. The third-order valence-electron chi connectivity index (χ3n) is 3.15. The van der Waals surface area contributed by atoms with Crippen LogP contribution in [0.3, 0.4) is 0 Å². The van der Waals surface area contributed by atoms with Crippen molar-refractivity contribution in [3.8, 4) is 5.69 Å². The van der Waals surface area contributed by atoms with Crippen LogP contribution in [0.1, 0.15) is 5.56 Å². The molecule has 2 rings (SSSR count). The van der Waals surface area contributed by atoms with Crippen molar-refractivity contribution < 1.29 is 47.6 Å². The second-order valence-electron chi connectivity index (χ2n) is 5.30.